The highest BCUT2D eigenvalue weighted by molar-refractivity contribution is 5.28. The Morgan fingerprint density at radius 1 is 1.54 bits per heavy atom. The number of aromatic amines is 1. The number of hydrogen-bond donors (Lipinski definition) is 2. The molecule has 1 atom stereocenters. The monoisotopic (exact) mass is 177 g/mol. The predicted octanol–water partition coefficient (Wildman–Crippen LogP) is 0.615. The summed E-state index contributed by atoms with van der Waals surface area (Å²) in [5.74, 6) is 0. The Balaban J connectivity index is 2.46. The van der Waals surface area contributed by atoms with Crippen molar-refractivity contribution in [2.24, 2.45) is 5.73 Å². The van der Waals surface area contributed by atoms with Crippen LogP contribution in [0.4, 0.5) is 0 Å². The first-order valence-electron chi connectivity index (χ1n) is 4.06. The van der Waals surface area contributed by atoms with Crippen molar-refractivity contribution in [3.8, 4) is 5.69 Å². The van der Waals surface area contributed by atoms with E-state index in [0.29, 0.717) is 0 Å². The number of imidazole rings is 1. The number of nitrogens with zero attached hydrogens (tertiary/aromatic N) is 3. The van der Waals surface area contributed by atoms with Crippen LogP contribution in [-0.4, -0.2) is 19.7 Å². The van der Waals surface area contributed by atoms with Gasteiger partial charge < -0.3 is 5.73 Å². The van der Waals surface area contributed by atoms with E-state index in [1.807, 2.05) is 11.5 Å². The molecule has 68 valence electrons. The van der Waals surface area contributed by atoms with Crippen molar-refractivity contribution in [1.82, 2.24) is 19.7 Å². The SMILES string of the molecule is C[C@H](N)c1cncn1-c1cn[nH]c1. The van der Waals surface area contributed by atoms with Gasteiger partial charge in [-0.05, 0) is 6.92 Å². The van der Waals surface area contributed by atoms with E-state index in [-0.39, 0.29) is 6.04 Å². The molecule has 2 heterocycles. The van der Waals surface area contributed by atoms with Gasteiger partial charge in [-0.15, -0.1) is 0 Å². The predicted molar refractivity (Wildman–Crippen MR) is 48.3 cm³/mol. The Labute approximate surface area is 75.6 Å². The van der Waals surface area contributed by atoms with Gasteiger partial charge in [0.2, 0.25) is 0 Å². The largest absolute Gasteiger partial charge is 0.323 e. The lowest BCUT2D eigenvalue weighted by Crippen LogP contribution is -2.10. The van der Waals surface area contributed by atoms with E-state index < -0.39 is 0 Å². The van der Waals surface area contributed by atoms with Crippen LogP contribution < -0.4 is 5.73 Å². The molecule has 0 saturated carbocycles. The molecule has 2 aromatic heterocycles. The molecule has 5 heteroatoms. The van der Waals surface area contributed by atoms with Crippen LogP contribution >= 0.6 is 0 Å². The summed E-state index contributed by atoms with van der Waals surface area (Å²) in [4.78, 5) is 4.04. The maximum Gasteiger partial charge on any atom is 0.0995 e. The van der Waals surface area contributed by atoms with Crippen LogP contribution in [0, 0.1) is 0 Å². The third kappa shape index (κ3) is 1.33. The summed E-state index contributed by atoms with van der Waals surface area (Å²) < 4.78 is 1.91. The fraction of sp³-hybridized carbons (Fsp3) is 0.250. The summed E-state index contributed by atoms with van der Waals surface area (Å²) in [6, 6.07) is -0.0302. The normalized spacial score (nSPS) is 13.1. The summed E-state index contributed by atoms with van der Waals surface area (Å²) in [7, 11) is 0. The standard InChI is InChI=1S/C8H11N5/c1-6(9)8-4-10-5-13(8)7-2-11-12-3-7/h2-6H,9H2,1H3,(H,11,12)/t6-/m0/s1. The lowest BCUT2D eigenvalue weighted by molar-refractivity contribution is 0.752. The second-order valence-corrected chi connectivity index (χ2v) is 2.93. The highest BCUT2D eigenvalue weighted by Gasteiger charge is 2.08. The molecule has 0 saturated heterocycles. The minimum atomic E-state index is -0.0302. The van der Waals surface area contributed by atoms with Crippen molar-refractivity contribution in [1.29, 1.82) is 0 Å². The van der Waals surface area contributed by atoms with Crippen molar-refractivity contribution < 1.29 is 0 Å². The average Bonchev–Trinajstić information content (AvgIpc) is 2.74. The first-order valence-corrected chi connectivity index (χ1v) is 4.06. The van der Waals surface area contributed by atoms with Crippen LogP contribution in [0.1, 0.15) is 18.7 Å². The molecule has 0 aliphatic carbocycles. The Morgan fingerprint density at radius 2 is 2.38 bits per heavy atom. The molecular weight excluding hydrogens is 166 g/mol. The number of nitrogens with two attached hydrogens (primary N) is 1. The minimum Gasteiger partial charge on any atom is -0.323 e. The molecule has 0 unspecified atom stereocenters. The average molecular weight is 177 g/mol. The van der Waals surface area contributed by atoms with Crippen molar-refractivity contribution in [2.75, 3.05) is 0 Å². The van der Waals surface area contributed by atoms with Crippen molar-refractivity contribution >= 4 is 0 Å². The van der Waals surface area contributed by atoms with Gasteiger partial charge in [0.1, 0.15) is 0 Å². The third-order valence-corrected chi connectivity index (χ3v) is 1.90. The number of aromatic nitrogens is 4. The molecule has 0 aromatic carbocycles. The number of rotatable bonds is 2. The third-order valence-electron chi connectivity index (χ3n) is 1.90. The molecule has 0 aliphatic rings. The fourth-order valence-electron chi connectivity index (χ4n) is 1.23. The van der Waals surface area contributed by atoms with Gasteiger partial charge in [-0.3, -0.25) is 9.67 Å². The summed E-state index contributed by atoms with van der Waals surface area (Å²) in [6.07, 6.45) is 7.02. The molecular formula is C8H11N5. The molecule has 0 amide bonds. The smallest absolute Gasteiger partial charge is 0.0995 e. The molecule has 5 nitrogen and oxygen atoms in total. The fourth-order valence-corrected chi connectivity index (χ4v) is 1.23. The van der Waals surface area contributed by atoms with Crippen LogP contribution in [0.3, 0.4) is 0 Å². The van der Waals surface area contributed by atoms with Gasteiger partial charge in [0, 0.05) is 12.2 Å². The van der Waals surface area contributed by atoms with Crippen LogP contribution in [0.2, 0.25) is 0 Å². The summed E-state index contributed by atoms with van der Waals surface area (Å²) in [6.45, 7) is 1.92. The molecule has 0 spiro atoms. The van der Waals surface area contributed by atoms with Crippen LogP contribution in [-0.2, 0) is 0 Å². The Kier molecular flexibility index (Phi) is 1.86. The van der Waals surface area contributed by atoms with E-state index in [4.69, 9.17) is 5.73 Å². The Hall–Kier alpha value is -1.62. The van der Waals surface area contributed by atoms with Gasteiger partial charge in [-0.2, -0.15) is 5.10 Å². The maximum atomic E-state index is 5.77. The second-order valence-electron chi connectivity index (χ2n) is 2.93. The van der Waals surface area contributed by atoms with Gasteiger partial charge in [0.05, 0.1) is 30.1 Å². The minimum absolute atomic E-state index is 0.0302. The van der Waals surface area contributed by atoms with E-state index in [1.54, 1.807) is 24.9 Å². The molecule has 2 rings (SSSR count). The van der Waals surface area contributed by atoms with Crippen LogP contribution in [0.25, 0.3) is 5.69 Å². The second kappa shape index (κ2) is 3.02. The molecule has 0 radical (unpaired) electrons. The topological polar surface area (TPSA) is 72.5 Å². The van der Waals surface area contributed by atoms with Crippen LogP contribution in [0.5, 0.6) is 0 Å². The zero-order chi connectivity index (χ0) is 9.26. The van der Waals surface area contributed by atoms with Gasteiger partial charge in [0.15, 0.2) is 0 Å². The quantitative estimate of drug-likeness (QED) is 0.706. The van der Waals surface area contributed by atoms with Crippen LogP contribution in [0.15, 0.2) is 24.9 Å². The number of hydrogen-bond acceptors (Lipinski definition) is 3. The van der Waals surface area contributed by atoms with Gasteiger partial charge in [0.25, 0.3) is 0 Å². The zero-order valence-electron chi connectivity index (χ0n) is 7.31. The number of H-pyrrole nitrogens is 1. The molecule has 0 fully saturated rings. The lowest BCUT2D eigenvalue weighted by atomic mass is 10.2. The molecule has 3 N–H and O–H groups in total. The highest BCUT2D eigenvalue weighted by atomic mass is 15.2. The van der Waals surface area contributed by atoms with E-state index >= 15 is 0 Å². The van der Waals surface area contributed by atoms with E-state index in [0.717, 1.165) is 11.4 Å². The van der Waals surface area contributed by atoms with Gasteiger partial charge in [-0.1, -0.05) is 0 Å². The van der Waals surface area contributed by atoms with E-state index in [2.05, 4.69) is 15.2 Å². The summed E-state index contributed by atoms with van der Waals surface area (Å²) in [5, 5.41) is 6.61. The van der Waals surface area contributed by atoms with E-state index in [9.17, 15) is 0 Å². The summed E-state index contributed by atoms with van der Waals surface area (Å²) in [5.41, 5.74) is 7.70. The zero-order valence-corrected chi connectivity index (χ0v) is 7.31. The van der Waals surface area contributed by atoms with Gasteiger partial charge >= 0.3 is 0 Å². The molecule has 13 heavy (non-hydrogen) atoms. The van der Waals surface area contributed by atoms with Crippen molar-refractivity contribution in [3.05, 3.63) is 30.6 Å². The Morgan fingerprint density at radius 3 is 3.00 bits per heavy atom. The first kappa shape index (κ1) is 8.00. The number of nitrogens with one attached hydrogen (secondary N) is 1. The van der Waals surface area contributed by atoms with Crippen molar-refractivity contribution in [3.63, 3.8) is 0 Å². The first-order chi connectivity index (χ1) is 6.29. The Bertz CT molecular complexity index is 373. The van der Waals surface area contributed by atoms with Crippen molar-refractivity contribution in [2.45, 2.75) is 13.0 Å². The lowest BCUT2D eigenvalue weighted by Gasteiger charge is -2.07. The summed E-state index contributed by atoms with van der Waals surface area (Å²) >= 11 is 0. The highest BCUT2D eigenvalue weighted by Crippen LogP contribution is 2.13. The molecule has 0 bridgehead atoms. The molecule has 2 aromatic rings. The van der Waals surface area contributed by atoms with Gasteiger partial charge in [-0.25, -0.2) is 4.98 Å². The maximum absolute atomic E-state index is 5.77. The molecule has 0 aliphatic heterocycles. The van der Waals surface area contributed by atoms with E-state index in [1.165, 1.54) is 0 Å².